The zero-order valence-corrected chi connectivity index (χ0v) is 23.9. The highest BCUT2D eigenvalue weighted by molar-refractivity contribution is 5.90. The van der Waals surface area contributed by atoms with Crippen molar-refractivity contribution < 1.29 is 42.7 Å². The Balaban J connectivity index is 1.56. The number of benzene rings is 2. The standard InChI is InChI=1S/C31H36O9/c1-8-17(3)30(32)39-23-11-10-19(12-24(23)34-5)27-21-15-38-28(22(21)16-37-27)20-13-25(35-6)29(26(14-20)36-7)40-31(33)18(4)9-2/h8-14,21-22,27-28H,15-16H2,1-7H3/t21-,22-,27+,28+/m0/s1. The first-order chi connectivity index (χ1) is 19.3. The molecule has 0 radical (unpaired) electrons. The molecule has 2 aromatic carbocycles. The third-order valence-electron chi connectivity index (χ3n) is 7.50. The van der Waals surface area contributed by atoms with Gasteiger partial charge in [-0.05, 0) is 63.1 Å². The van der Waals surface area contributed by atoms with Crippen LogP contribution < -0.4 is 23.7 Å². The maximum Gasteiger partial charge on any atom is 0.339 e. The van der Waals surface area contributed by atoms with Gasteiger partial charge in [-0.25, -0.2) is 9.59 Å². The Kier molecular flexibility index (Phi) is 9.17. The summed E-state index contributed by atoms with van der Waals surface area (Å²) in [5.74, 6) is 0.994. The molecule has 4 atom stereocenters. The van der Waals surface area contributed by atoms with Crippen molar-refractivity contribution in [3.63, 3.8) is 0 Å². The second kappa shape index (κ2) is 12.6. The number of rotatable bonds is 9. The molecule has 214 valence electrons. The van der Waals surface area contributed by atoms with Crippen molar-refractivity contribution in [2.24, 2.45) is 11.8 Å². The van der Waals surface area contributed by atoms with Crippen molar-refractivity contribution in [1.29, 1.82) is 0 Å². The molecule has 2 heterocycles. The Morgan fingerprint density at radius 3 is 1.68 bits per heavy atom. The van der Waals surface area contributed by atoms with Crippen LogP contribution in [0.1, 0.15) is 51.0 Å². The molecule has 0 N–H and O–H groups in total. The lowest BCUT2D eigenvalue weighted by atomic mass is 9.84. The minimum absolute atomic E-state index is 0.0684. The van der Waals surface area contributed by atoms with Crippen LogP contribution in [-0.2, 0) is 19.1 Å². The Hall–Kier alpha value is -3.82. The van der Waals surface area contributed by atoms with Gasteiger partial charge in [-0.1, -0.05) is 18.2 Å². The molecule has 0 bridgehead atoms. The second-order valence-corrected chi connectivity index (χ2v) is 9.72. The molecule has 0 unspecified atom stereocenters. The largest absolute Gasteiger partial charge is 0.493 e. The van der Waals surface area contributed by atoms with Gasteiger partial charge < -0.3 is 33.2 Å². The maximum atomic E-state index is 12.4. The number of ether oxygens (including phenoxy) is 7. The maximum absolute atomic E-state index is 12.4. The lowest BCUT2D eigenvalue weighted by molar-refractivity contribution is -0.131. The molecular weight excluding hydrogens is 516 g/mol. The molecule has 2 aliphatic rings. The third-order valence-corrected chi connectivity index (χ3v) is 7.50. The van der Waals surface area contributed by atoms with Crippen molar-refractivity contribution in [1.82, 2.24) is 0 Å². The van der Waals surface area contributed by atoms with E-state index in [4.69, 9.17) is 33.2 Å². The number of carbonyl (C=O) groups excluding carboxylic acids is 2. The summed E-state index contributed by atoms with van der Waals surface area (Å²) in [5.41, 5.74) is 2.73. The van der Waals surface area contributed by atoms with E-state index in [2.05, 4.69) is 0 Å². The van der Waals surface area contributed by atoms with E-state index >= 15 is 0 Å². The third kappa shape index (κ3) is 5.71. The van der Waals surface area contributed by atoms with E-state index in [1.165, 1.54) is 21.3 Å². The first-order valence-corrected chi connectivity index (χ1v) is 13.1. The lowest BCUT2D eigenvalue weighted by Crippen LogP contribution is -2.15. The first kappa shape index (κ1) is 29.2. The van der Waals surface area contributed by atoms with E-state index in [9.17, 15) is 9.59 Å². The zero-order valence-electron chi connectivity index (χ0n) is 23.9. The Bertz CT molecular complexity index is 1300. The van der Waals surface area contributed by atoms with E-state index in [0.29, 0.717) is 47.4 Å². The molecule has 40 heavy (non-hydrogen) atoms. The molecule has 2 saturated heterocycles. The van der Waals surface area contributed by atoms with E-state index in [1.807, 2.05) is 24.3 Å². The predicted octanol–water partition coefficient (Wildman–Crippen LogP) is 5.53. The van der Waals surface area contributed by atoms with Crippen LogP contribution >= 0.6 is 0 Å². The van der Waals surface area contributed by atoms with Crippen LogP contribution in [0.2, 0.25) is 0 Å². The van der Waals surface area contributed by atoms with E-state index in [-0.39, 0.29) is 29.8 Å². The number of hydrogen-bond donors (Lipinski definition) is 0. The summed E-state index contributed by atoms with van der Waals surface area (Å²) in [7, 11) is 4.56. The smallest absolute Gasteiger partial charge is 0.339 e. The van der Waals surface area contributed by atoms with Gasteiger partial charge in [0.1, 0.15) is 0 Å². The van der Waals surface area contributed by atoms with Crippen LogP contribution in [-0.4, -0.2) is 46.5 Å². The minimum Gasteiger partial charge on any atom is -0.493 e. The van der Waals surface area contributed by atoms with Crippen LogP contribution in [0.4, 0.5) is 0 Å². The second-order valence-electron chi connectivity index (χ2n) is 9.72. The van der Waals surface area contributed by atoms with Crippen LogP contribution in [0.5, 0.6) is 28.7 Å². The van der Waals surface area contributed by atoms with Gasteiger partial charge in [0.25, 0.3) is 0 Å². The van der Waals surface area contributed by atoms with E-state index in [0.717, 1.165) is 11.1 Å². The van der Waals surface area contributed by atoms with Crippen LogP contribution in [0, 0.1) is 11.8 Å². The Morgan fingerprint density at radius 2 is 1.18 bits per heavy atom. The molecule has 2 aliphatic heterocycles. The molecule has 0 aliphatic carbocycles. The van der Waals surface area contributed by atoms with Crippen molar-refractivity contribution in [3.05, 3.63) is 64.8 Å². The van der Waals surface area contributed by atoms with Crippen molar-refractivity contribution >= 4 is 11.9 Å². The van der Waals surface area contributed by atoms with Crippen LogP contribution in [0.15, 0.2) is 53.6 Å². The molecule has 0 amide bonds. The SMILES string of the molecule is CC=C(C)C(=O)Oc1ccc([C@H]2OC[C@H]3[C@@H]2CO[C@@H]3c2cc(OC)c(OC(=O)C(C)=CC)c(OC)c2)cc1OC. The predicted molar refractivity (Wildman–Crippen MR) is 147 cm³/mol. The number of carbonyl (C=O) groups is 2. The number of allylic oxidation sites excluding steroid dienone is 2. The number of esters is 2. The lowest BCUT2D eigenvalue weighted by Gasteiger charge is -2.20. The van der Waals surface area contributed by atoms with Gasteiger partial charge in [-0.3, -0.25) is 0 Å². The number of hydrogen-bond acceptors (Lipinski definition) is 9. The van der Waals surface area contributed by atoms with E-state index in [1.54, 1.807) is 45.9 Å². The van der Waals surface area contributed by atoms with Crippen molar-refractivity contribution in [3.8, 4) is 28.7 Å². The summed E-state index contributed by atoms with van der Waals surface area (Å²) in [4.78, 5) is 24.7. The van der Waals surface area contributed by atoms with Crippen LogP contribution in [0.3, 0.4) is 0 Å². The summed E-state index contributed by atoms with van der Waals surface area (Å²) in [5, 5.41) is 0. The fraction of sp³-hybridized carbons (Fsp3) is 0.419. The molecule has 2 fully saturated rings. The molecule has 2 aromatic rings. The van der Waals surface area contributed by atoms with Gasteiger partial charge in [0.2, 0.25) is 5.75 Å². The summed E-state index contributed by atoms with van der Waals surface area (Å²) in [6.07, 6.45) is 2.88. The molecule has 0 spiro atoms. The van der Waals surface area contributed by atoms with Gasteiger partial charge in [0, 0.05) is 23.0 Å². The molecule has 0 saturated carbocycles. The summed E-state index contributed by atoms with van der Waals surface area (Å²) in [6.45, 7) is 7.90. The average Bonchev–Trinajstić information content (AvgIpc) is 3.59. The topological polar surface area (TPSA) is 98.8 Å². The van der Waals surface area contributed by atoms with E-state index < -0.39 is 11.9 Å². The highest BCUT2D eigenvalue weighted by Crippen LogP contribution is 2.52. The van der Waals surface area contributed by atoms with Crippen LogP contribution in [0.25, 0.3) is 0 Å². The Labute approximate surface area is 234 Å². The molecule has 9 heteroatoms. The quantitative estimate of drug-likeness (QED) is 0.226. The summed E-state index contributed by atoms with van der Waals surface area (Å²) < 4.78 is 40.3. The monoisotopic (exact) mass is 552 g/mol. The summed E-state index contributed by atoms with van der Waals surface area (Å²) >= 11 is 0. The van der Waals surface area contributed by atoms with Gasteiger partial charge >= 0.3 is 11.9 Å². The highest BCUT2D eigenvalue weighted by Gasteiger charge is 2.48. The zero-order chi connectivity index (χ0) is 29.0. The van der Waals surface area contributed by atoms with Gasteiger partial charge in [-0.2, -0.15) is 0 Å². The average molecular weight is 553 g/mol. The van der Waals surface area contributed by atoms with Gasteiger partial charge in [0.15, 0.2) is 23.0 Å². The van der Waals surface area contributed by atoms with Gasteiger partial charge in [-0.15, -0.1) is 0 Å². The number of methoxy groups -OCH3 is 3. The van der Waals surface area contributed by atoms with Crippen molar-refractivity contribution in [2.75, 3.05) is 34.5 Å². The van der Waals surface area contributed by atoms with Gasteiger partial charge in [0.05, 0.1) is 46.8 Å². The first-order valence-electron chi connectivity index (χ1n) is 13.1. The normalized spacial score (nSPS) is 22.5. The molecule has 9 nitrogen and oxygen atoms in total. The molecule has 0 aromatic heterocycles. The fourth-order valence-corrected chi connectivity index (χ4v) is 4.93. The molecule has 4 rings (SSSR count). The van der Waals surface area contributed by atoms with Crippen molar-refractivity contribution in [2.45, 2.75) is 39.9 Å². The summed E-state index contributed by atoms with van der Waals surface area (Å²) in [6, 6.07) is 9.09. The highest BCUT2D eigenvalue weighted by atomic mass is 16.6. The fourth-order valence-electron chi connectivity index (χ4n) is 4.93. The number of fused-ring (bicyclic) bond motifs is 1. The minimum atomic E-state index is -0.482. The Morgan fingerprint density at radius 1 is 0.700 bits per heavy atom. The molecular formula is C31H36O9.